The first-order valence-corrected chi connectivity index (χ1v) is 8.96. The molecule has 0 N–H and O–H groups in total. The minimum absolute atomic E-state index is 0.228. The fourth-order valence-corrected chi connectivity index (χ4v) is 4.14. The average Bonchev–Trinajstić information content (AvgIpc) is 3.08. The SMILES string of the molecule is CC(C)=CCN1CC2(CCN(Cc3nccs3)CC2)CC1=O. The molecule has 1 aromatic rings. The van der Waals surface area contributed by atoms with E-state index in [-0.39, 0.29) is 5.41 Å². The topological polar surface area (TPSA) is 36.4 Å². The third kappa shape index (κ3) is 3.58. The van der Waals surface area contributed by atoms with Gasteiger partial charge in [0.05, 0.1) is 6.54 Å². The van der Waals surface area contributed by atoms with E-state index < -0.39 is 0 Å². The highest BCUT2D eigenvalue weighted by Crippen LogP contribution is 2.41. The second-order valence-electron chi connectivity index (χ2n) is 6.93. The molecular weight excluding hydrogens is 294 g/mol. The Bertz CT molecular complexity index is 540. The van der Waals surface area contributed by atoms with Gasteiger partial charge in [-0.2, -0.15) is 0 Å². The van der Waals surface area contributed by atoms with Crippen LogP contribution in [0.2, 0.25) is 0 Å². The van der Waals surface area contributed by atoms with Crippen LogP contribution in [-0.2, 0) is 11.3 Å². The summed E-state index contributed by atoms with van der Waals surface area (Å²) >= 11 is 1.73. The van der Waals surface area contributed by atoms with Gasteiger partial charge in [0.2, 0.25) is 5.91 Å². The highest BCUT2D eigenvalue weighted by atomic mass is 32.1. The first kappa shape index (κ1) is 15.7. The van der Waals surface area contributed by atoms with Gasteiger partial charge in [-0.15, -0.1) is 11.3 Å². The fourth-order valence-electron chi connectivity index (χ4n) is 3.48. The van der Waals surface area contributed by atoms with Gasteiger partial charge >= 0.3 is 0 Å². The van der Waals surface area contributed by atoms with Gasteiger partial charge in [-0.25, -0.2) is 4.98 Å². The van der Waals surface area contributed by atoms with Gasteiger partial charge in [0, 0.05) is 31.1 Å². The first-order chi connectivity index (χ1) is 10.6. The van der Waals surface area contributed by atoms with Crippen molar-refractivity contribution in [2.75, 3.05) is 26.2 Å². The van der Waals surface area contributed by atoms with Gasteiger partial charge in [-0.1, -0.05) is 11.6 Å². The van der Waals surface area contributed by atoms with Crippen LogP contribution in [0.4, 0.5) is 0 Å². The molecule has 3 heterocycles. The maximum Gasteiger partial charge on any atom is 0.223 e. The van der Waals surface area contributed by atoms with Crippen molar-refractivity contribution in [1.29, 1.82) is 0 Å². The molecule has 22 heavy (non-hydrogen) atoms. The van der Waals surface area contributed by atoms with Gasteiger partial charge < -0.3 is 4.90 Å². The molecule has 5 heteroatoms. The summed E-state index contributed by atoms with van der Waals surface area (Å²) in [4.78, 5) is 21.2. The minimum atomic E-state index is 0.228. The zero-order valence-electron chi connectivity index (χ0n) is 13.5. The van der Waals surface area contributed by atoms with Crippen LogP contribution < -0.4 is 0 Å². The van der Waals surface area contributed by atoms with Gasteiger partial charge in [0.1, 0.15) is 5.01 Å². The molecule has 0 aromatic carbocycles. The molecule has 0 bridgehead atoms. The van der Waals surface area contributed by atoms with E-state index in [0.717, 1.165) is 52.0 Å². The van der Waals surface area contributed by atoms with Gasteiger partial charge in [-0.3, -0.25) is 9.69 Å². The number of aromatic nitrogens is 1. The van der Waals surface area contributed by atoms with Crippen molar-refractivity contribution >= 4 is 17.2 Å². The molecule has 2 fully saturated rings. The molecule has 2 aliphatic heterocycles. The standard InChI is InChI=1S/C17H25N3OS/c1-14(2)3-7-20-13-17(11-16(20)21)4-8-19(9-5-17)12-15-18-6-10-22-15/h3,6,10H,4-5,7-9,11-13H2,1-2H3. The molecule has 1 amide bonds. The predicted octanol–water partition coefficient (Wildman–Crippen LogP) is 2.92. The van der Waals surface area contributed by atoms with Crippen molar-refractivity contribution in [3.05, 3.63) is 28.2 Å². The molecule has 4 nitrogen and oxygen atoms in total. The number of likely N-dealkylation sites (tertiary alicyclic amines) is 2. The number of nitrogens with zero attached hydrogens (tertiary/aromatic N) is 3. The number of hydrogen-bond acceptors (Lipinski definition) is 4. The van der Waals surface area contributed by atoms with Crippen LogP contribution in [0.3, 0.4) is 0 Å². The highest BCUT2D eigenvalue weighted by Gasteiger charge is 2.44. The third-order valence-electron chi connectivity index (χ3n) is 4.88. The number of carbonyl (C=O) groups excluding carboxylic acids is 1. The van der Waals surface area contributed by atoms with Crippen LogP contribution in [0.1, 0.15) is 38.1 Å². The van der Waals surface area contributed by atoms with E-state index in [9.17, 15) is 4.79 Å². The highest BCUT2D eigenvalue weighted by molar-refractivity contribution is 7.09. The fraction of sp³-hybridized carbons (Fsp3) is 0.647. The summed E-state index contributed by atoms with van der Waals surface area (Å²) in [6.45, 7) is 9.04. The number of rotatable bonds is 4. The molecule has 2 aliphatic rings. The second kappa shape index (κ2) is 6.50. The first-order valence-electron chi connectivity index (χ1n) is 8.08. The molecule has 0 unspecified atom stereocenters. The monoisotopic (exact) mass is 319 g/mol. The molecular formula is C17H25N3OS. The molecule has 0 atom stereocenters. The summed E-state index contributed by atoms with van der Waals surface area (Å²) in [6.07, 6.45) is 7.05. The molecule has 0 radical (unpaired) electrons. The Morgan fingerprint density at radius 2 is 2.18 bits per heavy atom. The van der Waals surface area contributed by atoms with E-state index in [4.69, 9.17) is 0 Å². The van der Waals surface area contributed by atoms with Crippen LogP contribution in [0.15, 0.2) is 23.2 Å². The Morgan fingerprint density at radius 3 is 2.82 bits per heavy atom. The lowest BCUT2D eigenvalue weighted by atomic mass is 9.77. The second-order valence-corrected chi connectivity index (χ2v) is 7.91. The third-order valence-corrected chi connectivity index (χ3v) is 5.65. The summed E-state index contributed by atoms with van der Waals surface area (Å²) in [5.74, 6) is 0.339. The van der Waals surface area contributed by atoms with E-state index in [1.54, 1.807) is 11.3 Å². The Balaban J connectivity index is 1.54. The van der Waals surface area contributed by atoms with E-state index in [1.807, 2.05) is 16.5 Å². The smallest absolute Gasteiger partial charge is 0.223 e. The number of piperidine rings is 1. The van der Waals surface area contributed by atoms with Crippen LogP contribution in [-0.4, -0.2) is 46.9 Å². The Kier molecular flexibility index (Phi) is 4.64. The number of hydrogen-bond donors (Lipinski definition) is 0. The summed E-state index contributed by atoms with van der Waals surface area (Å²) in [5.41, 5.74) is 1.51. The quantitative estimate of drug-likeness (QED) is 0.801. The van der Waals surface area contributed by atoms with Crippen molar-refractivity contribution in [1.82, 2.24) is 14.8 Å². The van der Waals surface area contributed by atoms with Crippen molar-refractivity contribution in [2.24, 2.45) is 5.41 Å². The van der Waals surface area contributed by atoms with E-state index >= 15 is 0 Å². The molecule has 2 saturated heterocycles. The predicted molar refractivity (Wildman–Crippen MR) is 89.7 cm³/mol. The van der Waals surface area contributed by atoms with Crippen molar-refractivity contribution in [3.63, 3.8) is 0 Å². The molecule has 3 rings (SSSR count). The Hall–Kier alpha value is -1.20. The zero-order valence-corrected chi connectivity index (χ0v) is 14.4. The average molecular weight is 319 g/mol. The van der Waals surface area contributed by atoms with Crippen molar-refractivity contribution in [2.45, 2.75) is 39.7 Å². The van der Waals surface area contributed by atoms with Crippen LogP contribution >= 0.6 is 11.3 Å². The van der Waals surface area contributed by atoms with E-state index in [0.29, 0.717) is 5.91 Å². The Morgan fingerprint density at radius 1 is 1.41 bits per heavy atom. The molecule has 1 spiro atoms. The normalized spacial score (nSPS) is 21.5. The number of thiazole rings is 1. The summed E-state index contributed by atoms with van der Waals surface area (Å²) < 4.78 is 0. The Labute approximate surface area is 136 Å². The zero-order chi connectivity index (χ0) is 15.6. The maximum atomic E-state index is 12.3. The molecule has 1 aromatic heterocycles. The van der Waals surface area contributed by atoms with Crippen LogP contribution in [0.25, 0.3) is 0 Å². The van der Waals surface area contributed by atoms with Crippen molar-refractivity contribution < 1.29 is 4.79 Å². The number of carbonyl (C=O) groups is 1. The maximum absolute atomic E-state index is 12.3. The number of allylic oxidation sites excluding steroid dienone is 1. The number of amides is 1. The molecule has 0 aliphatic carbocycles. The summed E-state index contributed by atoms with van der Waals surface area (Å²) in [7, 11) is 0. The minimum Gasteiger partial charge on any atom is -0.338 e. The molecule has 0 saturated carbocycles. The van der Waals surface area contributed by atoms with Crippen molar-refractivity contribution in [3.8, 4) is 0 Å². The summed E-state index contributed by atoms with van der Waals surface area (Å²) in [5, 5.41) is 3.24. The largest absolute Gasteiger partial charge is 0.338 e. The van der Waals surface area contributed by atoms with Gasteiger partial charge in [0.15, 0.2) is 0 Å². The molecule has 120 valence electrons. The van der Waals surface area contributed by atoms with Crippen LogP contribution in [0, 0.1) is 5.41 Å². The lowest BCUT2D eigenvalue weighted by Crippen LogP contribution is -2.41. The van der Waals surface area contributed by atoms with E-state index in [2.05, 4.69) is 29.8 Å². The van der Waals surface area contributed by atoms with Crippen LogP contribution in [0.5, 0.6) is 0 Å². The van der Waals surface area contributed by atoms with E-state index in [1.165, 1.54) is 10.6 Å². The lowest BCUT2D eigenvalue weighted by Gasteiger charge is -2.38. The summed E-state index contributed by atoms with van der Waals surface area (Å²) in [6, 6.07) is 0. The van der Waals surface area contributed by atoms with Gasteiger partial charge in [0.25, 0.3) is 0 Å². The lowest BCUT2D eigenvalue weighted by molar-refractivity contribution is -0.127. The van der Waals surface area contributed by atoms with Gasteiger partial charge in [-0.05, 0) is 45.2 Å².